The van der Waals surface area contributed by atoms with E-state index in [2.05, 4.69) is 0 Å². The molecule has 1 aromatic carbocycles. The highest BCUT2D eigenvalue weighted by Crippen LogP contribution is 2.18. The van der Waals surface area contributed by atoms with Crippen molar-refractivity contribution in [2.45, 2.75) is 6.54 Å². The minimum Gasteiger partial charge on any atom is -0.494 e. The molecule has 8 heteroatoms. The number of rotatable bonds is 5. The van der Waals surface area contributed by atoms with E-state index >= 15 is 0 Å². The smallest absolute Gasteiger partial charge is 0.236 e. The molecule has 0 unspecified atom stereocenters. The highest BCUT2D eigenvalue weighted by Gasteiger charge is 2.24. The van der Waals surface area contributed by atoms with Crippen LogP contribution in [0.2, 0.25) is 0 Å². The Labute approximate surface area is 135 Å². The van der Waals surface area contributed by atoms with E-state index in [9.17, 15) is 17.6 Å². The maximum Gasteiger partial charge on any atom is 0.236 e. The molecule has 2 rings (SSSR count). The van der Waals surface area contributed by atoms with Gasteiger partial charge in [0.2, 0.25) is 5.91 Å². The zero-order valence-corrected chi connectivity index (χ0v) is 14.1. The SMILES string of the molecule is COc1ccc(CN(C)C(=O)CN2CCS(=O)(=O)CC2)cc1F. The Morgan fingerprint density at radius 1 is 1.35 bits per heavy atom. The van der Waals surface area contributed by atoms with Crippen LogP contribution < -0.4 is 4.74 Å². The van der Waals surface area contributed by atoms with E-state index in [1.165, 1.54) is 24.1 Å². The molecular formula is C15H21FN2O4S. The van der Waals surface area contributed by atoms with Gasteiger partial charge in [-0.3, -0.25) is 9.69 Å². The number of carbonyl (C=O) groups excluding carboxylic acids is 1. The summed E-state index contributed by atoms with van der Waals surface area (Å²) in [4.78, 5) is 15.5. The molecule has 0 aromatic heterocycles. The quantitative estimate of drug-likeness (QED) is 0.779. The van der Waals surface area contributed by atoms with Crippen LogP contribution in [0.3, 0.4) is 0 Å². The van der Waals surface area contributed by atoms with Crippen molar-refractivity contribution >= 4 is 15.7 Å². The van der Waals surface area contributed by atoms with E-state index in [1.807, 2.05) is 4.90 Å². The van der Waals surface area contributed by atoms with Crippen LogP contribution in [0.5, 0.6) is 5.75 Å². The third-order valence-electron chi connectivity index (χ3n) is 3.86. The van der Waals surface area contributed by atoms with Crippen LogP contribution in [0.25, 0.3) is 0 Å². The summed E-state index contributed by atoms with van der Waals surface area (Å²) in [6.45, 7) is 1.20. The van der Waals surface area contributed by atoms with Crippen LogP contribution in [-0.2, 0) is 21.2 Å². The van der Waals surface area contributed by atoms with Gasteiger partial charge in [0.25, 0.3) is 0 Å². The maximum absolute atomic E-state index is 13.7. The second-order valence-corrected chi connectivity index (χ2v) is 7.95. The Balaban J connectivity index is 1.89. The predicted octanol–water partition coefficient (Wildman–Crippen LogP) is 0.523. The molecule has 1 aromatic rings. The Morgan fingerprint density at radius 2 is 2.00 bits per heavy atom. The Morgan fingerprint density at radius 3 is 2.57 bits per heavy atom. The van der Waals surface area contributed by atoms with E-state index in [-0.39, 0.29) is 36.3 Å². The average Bonchev–Trinajstić information content (AvgIpc) is 2.49. The molecule has 0 bridgehead atoms. The Kier molecular flexibility index (Phi) is 5.59. The topological polar surface area (TPSA) is 66.9 Å². The van der Waals surface area contributed by atoms with Crippen molar-refractivity contribution in [2.24, 2.45) is 0 Å². The van der Waals surface area contributed by atoms with Crippen molar-refractivity contribution in [1.29, 1.82) is 0 Å². The first kappa shape index (κ1) is 17.7. The molecule has 1 amide bonds. The van der Waals surface area contributed by atoms with Gasteiger partial charge in [-0.2, -0.15) is 0 Å². The highest BCUT2D eigenvalue weighted by atomic mass is 32.2. The number of nitrogens with zero attached hydrogens (tertiary/aromatic N) is 2. The van der Waals surface area contributed by atoms with E-state index in [0.717, 1.165) is 0 Å². The number of methoxy groups -OCH3 is 1. The van der Waals surface area contributed by atoms with Gasteiger partial charge >= 0.3 is 0 Å². The lowest BCUT2D eigenvalue weighted by Crippen LogP contribution is -2.45. The van der Waals surface area contributed by atoms with E-state index in [4.69, 9.17) is 4.74 Å². The zero-order valence-electron chi connectivity index (χ0n) is 13.3. The van der Waals surface area contributed by atoms with Gasteiger partial charge in [0.15, 0.2) is 21.4 Å². The molecule has 1 aliphatic heterocycles. The van der Waals surface area contributed by atoms with Crippen LogP contribution >= 0.6 is 0 Å². The third kappa shape index (κ3) is 4.90. The molecular weight excluding hydrogens is 323 g/mol. The number of hydrogen-bond donors (Lipinski definition) is 0. The molecule has 0 saturated carbocycles. The number of carbonyl (C=O) groups is 1. The number of sulfone groups is 1. The fourth-order valence-electron chi connectivity index (χ4n) is 2.39. The fourth-order valence-corrected chi connectivity index (χ4v) is 3.67. The molecule has 1 heterocycles. The molecule has 23 heavy (non-hydrogen) atoms. The maximum atomic E-state index is 13.7. The molecule has 128 valence electrons. The Hall–Kier alpha value is -1.67. The molecule has 0 atom stereocenters. The van der Waals surface area contributed by atoms with Gasteiger partial charge in [-0.25, -0.2) is 12.8 Å². The second-order valence-electron chi connectivity index (χ2n) is 5.65. The van der Waals surface area contributed by atoms with Crippen molar-refractivity contribution < 1.29 is 22.3 Å². The number of amides is 1. The molecule has 6 nitrogen and oxygen atoms in total. The van der Waals surface area contributed by atoms with Gasteiger partial charge in [-0.05, 0) is 17.7 Å². The number of halogens is 1. The Bertz CT molecular complexity index is 664. The third-order valence-corrected chi connectivity index (χ3v) is 5.47. The van der Waals surface area contributed by atoms with Gasteiger partial charge < -0.3 is 9.64 Å². The van der Waals surface area contributed by atoms with Crippen LogP contribution in [0, 0.1) is 5.82 Å². The van der Waals surface area contributed by atoms with Crippen LogP contribution in [0.15, 0.2) is 18.2 Å². The summed E-state index contributed by atoms with van der Waals surface area (Å²) in [5.41, 5.74) is 0.667. The fraction of sp³-hybridized carbons (Fsp3) is 0.533. The van der Waals surface area contributed by atoms with Crippen LogP contribution in [0.1, 0.15) is 5.56 Å². The van der Waals surface area contributed by atoms with E-state index in [0.29, 0.717) is 18.7 Å². The first-order valence-electron chi connectivity index (χ1n) is 7.30. The monoisotopic (exact) mass is 344 g/mol. The first-order valence-corrected chi connectivity index (χ1v) is 9.12. The molecule has 1 saturated heterocycles. The summed E-state index contributed by atoms with van der Waals surface area (Å²) in [5.74, 6) is -0.244. The van der Waals surface area contributed by atoms with Gasteiger partial charge in [-0.15, -0.1) is 0 Å². The largest absolute Gasteiger partial charge is 0.494 e. The van der Waals surface area contributed by atoms with Gasteiger partial charge in [0.05, 0.1) is 25.2 Å². The van der Waals surface area contributed by atoms with Gasteiger partial charge in [0, 0.05) is 26.7 Å². The van der Waals surface area contributed by atoms with Gasteiger partial charge in [0.1, 0.15) is 0 Å². The van der Waals surface area contributed by atoms with E-state index < -0.39 is 15.7 Å². The predicted molar refractivity (Wildman–Crippen MR) is 84.5 cm³/mol. The van der Waals surface area contributed by atoms with Crippen molar-refractivity contribution in [3.8, 4) is 5.75 Å². The van der Waals surface area contributed by atoms with Crippen molar-refractivity contribution in [3.63, 3.8) is 0 Å². The number of hydrogen-bond acceptors (Lipinski definition) is 5. The standard InChI is InChI=1S/C15H21FN2O4S/c1-17(10-12-3-4-14(22-2)13(16)9-12)15(19)11-18-5-7-23(20,21)8-6-18/h3-4,9H,5-8,10-11H2,1-2H3. The first-order chi connectivity index (χ1) is 10.8. The van der Waals surface area contributed by atoms with Crippen molar-refractivity contribution in [3.05, 3.63) is 29.6 Å². The molecule has 1 aliphatic rings. The molecule has 0 spiro atoms. The lowest BCUT2D eigenvalue weighted by molar-refractivity contribution is -0.131. The van der Waals surface area contributed by atoms with Crippen LogP contribution in [-0.4, -0.2) is 69.4 Å². The van der Waals surface area contributed by atoms with Gasteiger partial charge in [-0.1, -0.05) is 6.07 Å². The summed E-state index contributed by atoms with van der Waals surface area (Å²) in [6.07, 6.45) is 0. The molecule has 0 radical (unpaired) electrons. The summed E-state index contributed by atoms with van der Waals surface area (Å²) in [7, 11) is 0.0876. The number of benzene rings is 1. The average molecular weight is 344 g/mol. The van der Waals surface area contributed by atoms with Crippen LogP contribution in [0.4, 0.5) is 4.39 Å². The normalized spacial score (nSPS) is 17.7. The lowest BCUT2D eigenvalue weighted by Gasteiger charge is -2.28. The molecule has 1 fully saturated rings. The highest BCUT2D eigenvalue weighted by molar-refractivity contribution is 7.91. The molecule has 0 N–H and O–H groups in total. The lowest BCUT2D eigenvalue weighted by atomic mass is 10.2. The summed E-state index contributed by atoms with van der Waals surface area (Å²) in [6, 6.07) is 4.58. The number of likely N-dealkylation sites (N-methyl/N-ethyl adjacent to an activating group) is 1. The minimum absolute atomic E-state index is 0.0910. The summed E-state index contributed by atoms with van der Waals surface area (Å²) in [5, 5.41) is 0. The van der Waals surface area contributed by atoms with E-state index in [1.54, 1.807) is 13.1 Å². The summed E-state index contributed by atoms with van der Waals surface area (Å²) >= 11 is 0. The zero-order chi connectivity index (χ0) is 17.0. The molecule has 0 aliphatic carbocycles. The second kappa shape index (κ2) is 7.27. The summed E-state index contributed by atoms with van der Waals surface area (Å²) < 4.78 is 41.3. The number of ether oxygens (including phenoxy) is 1. The van der Waals surface area contributed by atoms with Crippen molar-refractivity contribution in [1.82, 2.24) is 9.80 Å². The van der Waals surface area contributed by atoms with Crippen molar-refractivity contribution in [2.75, 3.05) is 45.3 Å². The minimum atomic E-state index is -2.95.